The van der Waals surface area contributed by atoms with E-state index in [4.69, 9.17) is 5.73 Å². The zero-order valence-corrected chi connectivity index (χ0v) is 17.2. The van der Waals surface area contributed by atoms with Crippen molar-refractivity contribution in [3.8, 4) is 0 Å². The van der Waals surface area contributed by atoms with Crippen LogP contribution in [0.5, 0.6) is 0 Å². The van der Waals surface area contributed by atoms with E-state index in [0.29, 0.717) is 13.1 Å². The van der Waals surface area contributed by atoms with Crippen molar-refractivity contribution in [3.63, 3.8) is 0 Å². The molecule has 5 heteroatoms. The number of carbonyl (C=O) groups excluding carboxylic acids is 1. The van der Waals surface area contributed by atoms with Crippen LogP contribution in [0.15, 0.2) is 29.5 Å². The van der Waals surface area contributed by atoms with E-state index in [1.54, 1.807) is 6.20 Å². The molecule has 2 N–H and O–H groups in total. The van der Waals surface area contributed by atoms with Crippen molar-refractivity contribution in [3.05, 3.63) is 24.6 Å². The highest BCUT2D eigenvalue weighted by atomic mass is 16.4. The van der Waals surface area contributed by atoms with Crippen molar-refractivity contribution in [1.29, 1.82) is 0 Å². The second kappa shape index (κ2) is 14.6. The van der Waals surface area contributed by atoms with Crippen LogP contribution in [-0.2, 0) is 4.79 Å². The summed E-state index contributed by atoms with van der Waals surface area (Å²) in [5.74, 6) is -0.139. The van der Waals surface area contributed by atoms with Gasteiger partial charge in [-0.05, 0) is 32.1 Å². The third kappa shape index (κ3) is 9.87. The number of nitrogens with zero attached hydrogens (tertiary/aromatic N) is 2. The first-order valence-corrected chi connectivity index (χ1v) is 10.8. The van der Waals surface area contributed by atoms with Gasteiger partial charge in [0.15, 0.2) is 0 Å². The van der Waals surface area contributed by atoms with Gasteiger partial charge in [0.25, 0.3) is 0 Å². The summed E-state index contributed by atoms with van der Waals surface area (Å²) in [5.41, 5.74) is 5.68. The molecule has 1 aliphatic heterocycles. The number of carboxylic acids is 1. The summed E-state index contributed by atoms with van der Waals surface area (Å²) < 4.78 is 0.240. The zero-order valence-electron chi connectivity index (χ0n) is 17.2. The Morgan fingerprint density at radius 1 is 1.07 bits per heavy atom. The highest BCUT2D eigenvalue weighted by Crippen LogP contribution is 2.21. The number of hydrogen-bond donors (Lipinski definition) is 1. The lowest BCUT2D eigenvalue weighted by Gasteiger charge is -2.32. The lowest BCUT2D eigenvalue weighted by molar-refractivity contribution is -0.780. The Labute approximate surface area is 165 Å². The number of quaternary nitrogens is 1. The van der Waals surface area contributed by atoms with Crippen LogP contribution in [0.1, 0.15) is 84.0 Å². The molecule has 0 aliphatic carbocycles. The average Bonchev–Trinajstić information content (AvgIpc) is 3.00. The van der Waals surface area contributed by atoms with Crippen LogP contribution >= 0.6 is 0 Å². The van der Waals surface area contributed by atoms with E-state index in [0.717, 1.165) is 18.7 Å². The summed E-state index contributed by atoms with van der Waals surface area (Å²) >= 11 is 0. The van der Waals surface area contributed by atoms with E-state index in [2.05, 4.69) is 24.1 Å². The molecule has 0 spiro atoms. The van der Waals surface area contributed by atoms with Gasteiger partial charge in [-0.1, -0.05) is 57.6 Å². The molecule has 5 nitrogen and oxygen atoms in total. The molecule has 1 rings (SSSR count). The lowest BCUT2D eigenvalue weighted by atomic mass is 10.1. The van der Waals surface area contributed by atoms with E-state index in [9.17, 15) is 9.90 Å². The fourth-order valence-corrected chi connectivity index (χ4v) is 3.62. The predicted octanol–water partition coefficient (Wildman–Crippen LogP) is 3.65. The van der Waals surface area contributed by atoms with Gasteiger partial charge in [0.1, 0.15) is 19.3 Å². The van der Waals surface area contributed by atoms with Gasteiger partial charge in [-0.15, -0.1) is 0 Å². The van der Waals surface area contributed by atoms with Crippen molar-refractivity contribution in [2.24, 2.45) is 10.7 Å². The van der Waals surface area contributed by atoms with Gasteiger partial charge in [-0.25, -0.2) is 9.48 Å². The number of amidine groups is 1. The largest absolute Gasteiger partial charge is 0.544 e. The molecule has 0 saturated carbocycles. The highest BCUT2D eigenvalue weighted by Gasteiger charge is 2.34. The minimum absolute atomic E-state index is 0.0709. The quantitative estimate of drug-likeness (QED) is 0.239. The highest BCUT2D eigenvalue weighted by molar-refractivity contribution is 5.80. The molecule has 1 unspecified atom stereocenters. The molecule has 0 aromatic heterocycles. The van der Waals surface area contributed by atoms with Crippen LogP contribution < -0.4 is 10.8 Å². The van der Waals surface area contributed by atoms with Gasteiger partial charge in [0, 0.05) is 13.0 Å². The molecule has 0 radical (unpaired) electrons. The minimum atomic E-state index is -1.05. The molecule has 154 valence electrons. The number of carbonyl (C=O) groups is 1. The Morgan fingerprint density at radius 3 is 2.33 bits per heavy atom. The molecule has 0 aromatic rings. The van der Waals surface area contributed by atoms with Crippen molar-refractivity contribution < 1.29 is 14.4 Å². The maximum absolute atomic E-state index is 11.1. The van der Waals surface area contributed by atoms with E-state index in [-0.39, 0.29) is 11.0 Å². The molecule has 0 aromatic carbocycles. The van der Waals surface area contributed by atoms with Gasteiger partial charge >= 0.3 is 0 Å². The van der Waals surface area contributed by atoms with Crippen LogP contribution in [0.3, 0.4) is 0 Å². The number of aliphatic imine (C=N–C) groups is 1. The third-order valence-electron chi connectivity index (χ3n) is 5.19. The summed E-state index contributed by atoms with van der Waals surface area (Å²) in [7, 11) is 0. The minimum Gasteiger partial charge on any atom is -0.544 e. The molecular weight excluding hydrogens is 338 g/mol. The van der Waals surface area contributed by atoms with E-state index < -0.39 is 5.97 Å². The number of carboxylic acid groups (broad SMARTS) is 1. The molecule has 1 heterocycles. The standard InChI is InChI=1S/C22H39N3O2/c1-2-3-4-5-6-7-8-9-10-11-12-13-14-15-21-24-17-19-25(21,18-16-23)20-22(26)27/h6-7,17,19H,2-5,8-16,18,20,23H2,1H3/b7-6+. The zero-order chi connectivity index (χ0) is 19.8. The van der Waals surface area contributed by atoms with Crippen LogP contribution in [0, 0.1) is 0 Å². The number of aliphatic carboxylic acids is 1. The van der Waals surface area contributed by atoms with Gasteiger partial charge in [0.05, 0.1) is 12.2 Å². The van der Waals surface area contributed by atoms with Crippen LogP contribution in [0.2, 0.25) is 0 Å². The maximum Gasteiger partial charge on any atom is 0.207 e. The third-order valence-corrected chi connectivity index (χ3v) is 5.19. The van der Waals surface area contributed by atoms with Gasteiger partial charge in [-0.3, -0.25) is 0 Å². The average molecular weight is 378 g/mol. The van der Waals surface area contributed by atoms with Gasteiger partial charge in [-0.2, -0.15) is 0 Å². The van der Waals surface area contributed by atoms with Crippen molar-refractivity contribution >= 4 is 11.8 Å². The first-order valence-electron chi connectivity index (χ1n) is 10.8. The molecule has 0 fully saturated rings. The molecule has 0 amide bonds. The normalized spacial score (nSPS) is 19.1. The first-order chi connectivity index (χ1) is 13.1. The Bertz CT molecular complexity index is 500. The SMILES string of the molecule is CCCCC/C=C/CCCCCCCCC1=NC=C[N+]1(CCN)CC(=O)[O-]. The van der Waals surface area contributed by atoms with E-state index >= 15 is 0 Å². The number of allylic oxidation sites excluding steroid dienone is 2. The second-order valence-corrected chi connectivity index (χ2v) is 7.55. The number of unbranched alkanes of at least 4 members (excludes halogenated alkanes) is 9. The summed E-state index contributed by atoms with van der Waals surface area (Å²) in [4.78, 5) is 15.5. The van der Waals surface area contributed by atoms with Crippen molar-refractivity contribution in [1.82, 2.24) is 0 Å². The van der Waals surface area contributed by atoms with Crippen molar-refractivity contribution in [2.45, 2.75) is 84.0 Å². The topological polar surface area (TPSA) is 78.5 Å². The molecule has 1 aliphatic rings. The number of rotatable bonds is 17. The van der Waals surface area contributed by atoms with Gasteiger partial charge < -0.3 is 15.6 Å². The summed E-state index contributed by atoms with van der Waals surface area (Å²) in [6, 6.07) is 0. The smallest absolute Gasteiger partial charge is 0.207 e. The molecular formula is C22H39N3O2. The molecule has 0 saturated heterocycles. The van der Waals surface area contributed by atoms with Crippen LogP contribution in [0.25, 0.3) is 0 Å². The summed E-state index contributed by atoms with van der Waals surface area (Å²) in [5, 5.41) is 11.1. The van der Waals surface area contributed by atoms with E-state index in [1.165, 1.54) is 64.2 Å². The van der Waals surface area contributed by atoms with Gasteiger partial charge in [0.2, 0.25) is 5.84 Å². The molecule has 0 bridgehead atoms. The Hall–Kier alpha value is -1.46. The number of hydrogen-bond acceptors (Lipinski definition) is 4. The van der Waals surface area contributed by atoms with Crippen LogP contribution in [0.4, 0.5) is 0 Å². The second-order valence-electron chi connectivity index (χ2n) is 7.55. The fraction of sp³-hybridized carbons (Fsp3) is 0.727. The lowest BCUT2D eigenvalue weighted by Crippen LogP contribution is -2.55. The molecule has 1 atom stereocenters. The summed E-state index contributed by atoms with van der Waals surface area (Å²) in [6.07, 6.45) is 22.8. The van der Waals surface area contributed by atoms with Crippen LogP contribution in [-0.4, -0.2) is 35.9 Å². The Balaban J connectivity index is 2.10. The first kappa shape index (κ1) is 23.6. The van der Waals surface area contributed by atoms with E-state index in [1.807, 2.05) is 6.20 Å². The maximum atomic E-state index is 11.1. The monoisotopic (exact) mass is 377 g/mol. The Morgan fingerprint density at radius 2 is 1.70 bits per heavy atom. The Kier molecular flexibility index (Phi) is 12.7. The predicted molar refractivity (Wildman–Crippen MR) is 111 cm³/mol. The van der Waals surface area contributed by atoms with Crippen molar-refractivity contribution in [2.75, 3.05) is 19.6 Å². The fourth-order valence-electron chi connectivity index (χ4n) is 3.62. The summed E-state index contributed by atoms with van der Waals surface area (Å²) in [6.45, 7) is 3.17. The number of nitrogens with two attached hydrogens (primary N) is 1. The molecule has 27 heavy (non-hydrogen) atoms.